The maximum absolute atomic E-state index is 13.3. The summed E-state index contributed by atoms with van der Waals surface area (Å²) in [5.74, 6) is 0.591. The molecule has 2 aromatic rings. The van der Waals surface area contributed by atoms with Crippen LogP contribution in [-0.2, 0) is 9.59 Å². The van der Waals surface area contributed by atoms with Crippen molar-refractivity contribution in [2.75, 3.05) is 17.3 Å². The summed E-state index contributed by atoms with van der Waals surface area (Å²) in [4.78, 5) is 27.6. The second-order valence-electron chi connectivity index (χ2n) is 6.79. The molecule has 1 heterocycles. The van der Waals surface area contributed by atoms with Gasteiger partial charge in [-0.3, -0.25) is 9.59 Å². The number of nitrogens with zero attached hydrogens (tertiary/aromatic N) is 1. The first kappa shape index (κ1) is 20.1. The molecule has 0 aliphatic carbocycles. The number of carbonyl (C=O) groups excluding carboxylic acids is 2. The third-order valence-electron chi connectivity index (χ3n) is 4.14. The minimum atomic E-state index is -0.400. The smallest absolute Gasteiger partial charge is 0.272 e. The second kappa shape index (κ2) is 8.61. The van der Waals surface area contributed by atoms with Crippen molar-refractivity contribution in [3.63, 3.8) is 0 Å². The van der Waals surface area contributed by atoms with E-state index in [1.165, 1.54) is 40.9 Å². The molecule has 0 aromatic heterocycles. The Morgan fingerprint density at radius 1 is 1.00 bits per heavy atom. The van der Waals surface area contributed by atoms with Crippen molar-refractivity contribution in [2.45, 2.75) is 20.8 Å². The van der Waals surface area contributed by atoms with Crippen molar-refractivity contribution in [2.24, 2.45) is 5.92 Å². The largest absolute Gasteiger partial charge is 0.493 e. The van der Waals surface area contributed by atoms with Crippen LogP contribution in [0.3, 0.4) is 0 Å². The van der Waals surface area contributed by atoms with Crippen molar-refractivity contribution in [1.82, 2.24) is 0 Å². The summed E-state index contributed by atoms with van der Waals surface area (Å²) in [5.41, 5.74) is 1.34. The van der Waals surface area contributed by atoms with Gasteiger partial charge in [0.05, 0.1) is 22.8 Å². The van der Waals surface area contributed by atoms with Gasteiger partial charge in [-0.05, 0) is 53.6 Å². The zero-order valence-corrected chi connectivity index (χ0v) is 16.9. The van der Waals surface area contributed by atoms with Gasteiger partial charge < -0.3 is 4.74 Å². The van der Waals surface area contributed by atoms with E-state index in [-0.39, 0.29) is 11.7 Å². The van der Waals surface area contributed by atoms with E-state index < -0.39 is 5.91 Å². The Morgan fingerprint density at radius 3 is 2.21 bits per heavy atom. The maximum Gasteiger partial charge on any atom is 0.272 e. The first-order chi connectivity index (χ1) is 13.4. The average Bonchev–Trinajstić information content (AvgIpc) is 2.92. The molecule has 3 rings (SSSR count). The molecule has 1 aliphatic rings. The first-order valence-electron chi connectivity index (χ1n) is 9.17. The van der Waals surface area contributed by atoms with E-state index in [9.17, 15) is 14.0 Å². The fraction of sp³-hybridized carbons (Fsp3) is 0.273. The Hall–Kier alpha value is -2.60. The van der Waals surface area contributed by atoms with Crippen LogP contribution in [0.5, 0.6) is 5.75 Å². The molecule has 0 saturated carbocycles. The van der Waals surface area contributed by atoms with Crippen LogP contribution in [0, 0.1) is 11.7 Å². The summed E-state index contributed by atoms with van der Waals surface area (Å²) in [7, 11) is 0. The Balaban J connectivity index is 1.91. The van der Waals surface area contributed by atoms with Crippen LogP contribution in [0.15, 0.2) is 53.4 Å². The fourth-order valence-electron chi connectivity index (χ4n) is 2.85. The molecule has 1 aliphatic heterocycles. The average molecular weight is 399 g/mol. The summed E-state index contributed by atoms with van der Waals surface area (Å²) in [6.07, 6.45) is 0. The quantitative estimate of drug-likeness (QED) is 0.622. The summed E-state index contributed by atoms with van der Waals surface area (Å²) in [6, 6.07) is 12.5. The highest BCUT2D eigenvalue weighted by atomic mass is 32.2. The van der Waals surface area contributed by atoms with Gasteiger partial charge in [-0.2, -0.15) is 0 Å². The Bertz CT molecular complexity index is 904. The van der Waals surface area contributed by atoms with E-state index >= 15 is 0 Å². The van der Waals surface area contributed by atoms with Crippen LogP contribution >= 0.6 is 11.8 Å². The molecule has 0 radical (unpaired) electrons. The predicted molar refractivity (Wildman–Crippen MR) is 111 cm³/mol. The molecular weight excluding hydrogens is 377 g/mol. The molecule has 28 heavy (non-hydrogen) atoms. The standard InChI is InChI=1S/C22H22FNO3S/c1-4-28-20-19(15-5-7-16(23)8-6-15)21(25)24(22(20)26)17-9-11-18(12-10-17)27-13-14(2)3/h5-12,14H,4,13H2,1-3H3. The van der Waals surface area contributed by atoms with Gasteiger partial charge >= 0.3 is 0 Å². The lowest BCUT2D eigenvalue weighted by atomic mass is 10.1. The SMILES string of the molecule is CCSC1=C(c2ccc(F)cc2)C(=O)N(c2ccc(OCC(C)C)cc2)C1=O. The molecule has 0 saturated heterocycles. The molecule has 146 valence electrons. The van der Waals surface area contributed by atoms with Crippen LogP contribution in [0.4, 0.5) is 10.1 Å². The zero-order valence-electron chi connectivity index (χ0n) is 16.1. The lowest BCUT2D eigenvalue weighted by Crippen LogP contribution is -2.31. The summed E-state index contributed by atoms with van der Waals surface area (Å²) >= 11 is 1.32. The zero-order chi connectivity index (χ0) is 20.3. The van der Waals surface area contributed by atoms with Gasteiger partial charge in [-0.15, -0.1) is 11.8 Å². The lowest BCUT2D eigenvalue weighted by Gasteiger charge is -2.16. The second-order valence-corrected chi connectivity index (χ2v) is 8.06. The number of amides is 2. The Morgan fingerprint density at radius 2 is 1.64 bits per heavy atom. The van der Waals surface area contributed by atoms with Crippen LogP contribution in [0.25, 0.3) is 5.57 Å². The number of thioether (sulfide) groups is 1. The number of carbonyl (C=O) groups is 2. The Labute approximate surface area is 168 Å². The lowest BCUT2D eigenvalue weighted by molar-refractivity contribution is -0.119. The summed E-state index contributed by atoms with van der Waals surface area (Å²) in [6.45, 7) is 6.63. The summed E-state index contributed by atoms with van der Waals surface area (Å²) < 4.78 is 19.0. The van der Waals surface area contributed by atoms with Crippen LogP contribution in [0.2, 0.25) is 0 Å². The number of halogens is 1. The molecule has 2 amide bonds. The molecule has 2 aromatic carbocycles. The van der Waals surface area contributed by atoms with E-state index in [2.05, 4.69) is 13.8 Å². The van der Waals surface area contributed by atoms with Crippen molar-refractivity contribution in [3.05, 3.63) is 64.8 Å². The van der Waals surface area contributed by atoms with Gasteiger partial charge in [-0.1, -0.05) is 32.9 Å². The molecule has 0 atom stereocenters. The van der Waals surface area contributed by atoms with Gasteiger partial charge in [0.15, 0.2) is 0 Å². The number of benzene rings is 2. The number of imide groups is 1. The minimum Gasteiger partial charge on any atom is -0.493 e. The van der Waals surface area contributed by atoms with E-state index in [0.29, 0.717) is 45.8 Å². The molecule has 4 nitrogen and oxygen atoms in total. The molecule has 0 N–H and O–H groups in total. The highest BCUT2D eigenvalue weighted by Gasteiger charge is 2.39. The predicted octanol–water partition coefficient (Wildman–Crippen LogP) is 4.90. The minimum absolute atomic E-state index is 0.317. The fourth-order valence-corrected chi connectivity index (χ4v) is 3.70. The van der Waals surface area contributed by atoms with Gasteiger partial charge in [0, 0.05) is 0 Å². The number of rotatable bonds is 7. The normalized spacial score (nSPS) is 14.4. The van der Waals surface area contributed by atoms with E-state index in [0.717, 1.165) is 0 Å². The Kier molecular flexibility index (Phi) is 6.19. The molecule has 6 heteroatoms. The third-order valence-corrected chi connectivity index (χ3v) is 5.10. The van der Waals surface area contributed by atoms with Crippen molar-refractivity contribution in [1.29, 1.82) is 0 Å². The van der Waals surface area contributed by atoms with Gasteiger partial charge in [-0.25, -0.2) is 9.29 Å². The molecule has 0 spiro atoms. The highest BCUT2D eigenvalue weighted by molar-refractivity contribution is 8.04. The molecule has 0 fully saturated rings. The number of hydrogen-bond acceptors (Lipinski definition) is 4. The first-order valence-corrected chi connectivity index (χ1v) is 10.2. The van der Waals surface area contributed by atoms with Crippen LogP contribution in [0.1, 0.15) is 26.3 Å². The molecule has 0 bridgehead atoms. The topological polar surface area (TPSA) is 46.6 Å². The molecule has 0 unspecified atom stereocenters. The van der Waals surface area contributed by atoms with Gasteiger partial charge in [0.2, 0.25) is 0 Å². The monoisotopic (exact) mass is 399 g/mol. The highest BCUT2D eigenvalue weighted by Crippen LogP contribution is 2.38. The van der Waals surface area contributed by atoms with E-state index in [1.807, 2.05) is 6.92 Å². The van der Waals surface area contributed by atoms with Crippen LogP contribution < -0.4 is 9.64 Å². The van der Waals surface area contributed by atoms with Crippen molar-refractivity contribution < 1.29 is 18.7 Å². The van der Waals surface area contributed by atoms with Crippen LogP contribution in [-0.4, -0.2) is 24.2 Å². The number of ether oxygens (including phenoxy) is 1. The van der Waals surface area contributed by atoms with Gasteiger partial charge in [0.25, 0.3) is 11.8 Å². The molecular formula is C22H22FNO3S. The summed E-state index contributed by atoms with van der Waals surface area (Å²) in [5, 5.41) is 0. The third kappa shape index (κ3) is 4.12. The van der Waals surface area contributed by atoms with Crippen molar-refractivity contribution in [3.8, 4) is 5.75 Å². The van der Waals surface area contributed by atoms with E-state index in [4.69, 9.17) is 4.74 Å². The maximum atomic E-state index is 13.3. The van der Waals surface area contributed by atoms with Gasteiger partial charge in [0.1, 0.15) is 11.6 Å². The number of anilines is 1. The van der Waals surface area contributed by atoms with E-state index in [1.54, 1.807) is 24.3 Å². The number of hydrogen-bond donors (Lipinski definition) is 0. The van der Waals surface area contributed by atoms with Crippen molar-refractivity contribution >= 4 is 34.8 Å².